The highest BCUT2D eigenvalue weighted by molar-refractivity contribution is 7.71. The largest absolute Gasteiger partial charge is 0.467 e. The molecule has 0 saturated heterocycles. The molecule has 0 atom stereocenters. The van der Waals surface area contributed by atoms with Gasteiger partial charge >= 0.3 is 0 Å². The van der Waals surface area contributed by atoms with Gasteiger partial charge in [0.05, 0.1) is 50.9 Å². The molecule has 0 spiro atoms. The van der Waals surface area contributed by atoms with Gasteiger partial charge in [0, 0.05) is 5.56 Å². The number of furan rings is 1. The molecule has 1 aromatic carbocycles. The Morgan fingerprint density at radius 3 is 2.85 bits per heavy atom. The predicted molar refractivity (Wildman–Crippen MR) is 101 cm³/mol. The average molecular weight is 373 g/mol. The fourth-order valence-corrected chi connectivity index (χ4v) is 2.88. The highest BCUT2D eigenvalue weighted by Gasteiger charge is 2.11. The smallest absolute Gasteiger partial charge is 0.262 e. The van der Waals surface area contributed by atoms with Crippen LogP contribution in [0.4, 0.5) is 0 Å². The summed E-state index contributed by atoms with van der Waals surface area (Å²) < 4.78 is 7.02. The fraction of sp³-hybridized carbons (Fsp3) is 0.278. The van der Waals surface area contributed by atoms with Gasteiger partial charge in [-0.05, 0) is 42.5 Å². The Labute approximate surface area is 155 Å². The van der Waals surface area contributed by atoms with E-state index in [2.05, 4.69) is 10.3 Å². The highest BCUT2D eigenvalue weighted by atomic mass is 32.1. The first-order valence-electron chi connectivity index (χ1n) is 8.32. The Bertz CT molecular complexity index is 1030. The second-order valence-corrected chi connectivity index (χ2v) is 6.76. The fourth-order valence-electron chi connectivity index (χ4n) is 2.63. The topological polar surface area (TPSA) is 84.5 Å². The molecular weight excluding hydrogens is 352 g/mol. The zero-order valence-corrected chi connectivity index (χ0v) is 15.5. The van der Waals surface area contributed by atoms with Crippen LogP contribution >= 0.6 is 12.2 Å². The number of amides is 1. The number of nitrogens with one attached hydrogen (secondary N) is 3. The number of hydrogen-bond donors (Lipinski definition) is 3. The van der Waals surface area contributed by atoms with Crippen LogP contribution in [0.5, 0.6) is 0 Å². The third-order valence-corrected chi connectivity index (χ3v) is 4.37. The van der Waals surface area contributed by atoms with E-state index in [0.717, 1.165) is 6.54 Å². The van der Waals surface area contributed by atoms with Crippen molar-refractivity contribution in [2.45, 2.75) is 6.54 Å². The van der Waals surface area contributed by atoms with Crippen molar-refractivity contribution in [1.29, 1.82) is 0 Å². The number of aromatic nitrogens is 2. The summed E-state index contributed by atoms with van der Waals surface area (Å²) in [6.07, 6.45) is 1.55. The van der Waals surface area contributed by atoms with Gasteiger partial charge in [-0.2, -0.15) is 0 Å². The molecule has 3 rings (SSSR count). The quantitative estimate of drug-likeness (QED) is 0.552. The zero-order chi connectivity index (χ0) is 18.7. The lowest BCUT2D eigenvalue weighted by atomic mass is 10.1. The predicted octanol–water partition coefficient (Wildman–Crippen LogP) is 0.575. The second-order valence-electron chi connectivity index (χ2n) is 6.37. The lowest BCUT2D eigenvalue weighted by Crippen LogP contribution is -3.06. The van der Waals surface area contributed by atoms with Crippen molar-refractivity contribution in [2.24, 2.45) is 0 Å². The molecule has 1 amide bonds. The maximum absolute atomic E-state index is 12.7. The summed E-state index contributed by atoms with van der Waals surface area (Å²) in [6.45, 7) is 1.67. The molecule has 0 radical (unpaired) electrons. The summed E-state index contributed by atoms with van der Waals surface area (Å²) in [4.78, 5) is 29.3. The van der Waals surface area contributed by atoms with E-state index in [1.165, 1.54) is 9.47 Å². The summed E-state index contributed by atoms with van der Waals surface area (Å²) in [6, 6.07) is 8.50. The van der Waals surface area contributed by atoms with E-state index in [1.54, 1.807) is 36.6 Å². The number of rotatable bonds is 6. The number of H-pyrrole nitrogens is 1. The normalized spacial score (nSPS) is 11.2. The molecule has 26 heavy (non-hydrogen) atoms. The molecule has 0 saturated carbocycles. The van der Waals surface area contributed by atoms with Crippen molar-refractivity contribution in [3.8, 4) is 0 Å². The molecular formula is C18H21N4O3S+. The first-order valence-corrected chi connectivity index (χ1v) is 8.73. The molecule has 0 fully saturated rings. The van der Waals surface area contributed by atoms with Gasteiger partial charge in [-0.25, -0.2) is 0 Å². The maximum atomic E-state index is 12.7. The van der Waals surface area contributed by atoms with Crippen molar-refractivity contribution >= 4 is 29.0 Å². The minimum absolute atomic E-state index is 0.174. The van der Waals surface area contributed by atoms with Crippen LogP contribution in [0.15, 0.2) is 45.8 Å². The zero-order valence-electron chi connectivity index (χ0n) is 14.7. The lowest BCUT2D eigenvalue weighted by molar-refractivity contribution is -0.856. The minimum Gasteiger partial charge on any atom is -0.467 e. The van der Waals surface area contributed by atoms with E-state index in [4.69, 9.17) is 16.6 Å². The first-order chi connectivity index (χ1) is 12.5. The van der Waals surface area contributed by atoms with Gasteiger partial charge in [0.15, 0.2) is 4.77 Å². The number of hydrogen-bond acceptors (Lipinski definition) is 4. The molecule has 0 unspecified atom stereocenters. The Morgan fingerprint density at radius 1 is 1.35 bits per heavy atom. The SMILES string of the molecule is C[NH+](C)CCNC(=O)c1ccc2c(=O)n(Cc3ccco3)c(=S)[nH]c2c1. The minimum atomic E-state index is -0.219. The van der Waals surface area contributed by atoms with Gasteiger partial charge in [-0.15, -0.1) is 0 Å². The van der Waals surface area contributed by atoms with Crippen LogP contribution in [0, 0.1) is 4.77 Å². The van der Waals surface area contributed by atoms with Gasteiger partial charge < -0.3 is 19.6 Å². The van der Waals surface area contributed by atoms with Crippen LogP contribution in [0.3, 0.4) is 0 Å². The van der Waals surface area contributed by atoms with Gasteiger partial charge in [0.1, 0.15) is 5.76 Å². The highest BCUT2D eigenvalue weighted by Crippen LogP contribution is 2.12. The van der Waals surface area contributed by atoms with Crippen LogP contribution in [0.1, 0.15) is 16.1 Å². The Morgan fingerprint density at radius 2 is 2.15 bits per heavy atom. The molecule has 0 bridgehead atoms. The van der Waals surface area contributed by atoms with Crippen LogP contribution < -0.4 is 15.8 Å². The number of benzene rings is 1. The number of quaternary nitrogens is 1. The van der Waals surface area contributed by atoms with Gasteiger partial charge in [-0.3, -0.25) is 14.2 Å². The molecule has 3 aromatic rings. The van der Waals surface area contributed by atoms with Crippen LogP contribution in [-0.4, -0.2) is 42.6 Å². The van der Waals surface area contributed by atoms with E-state index in [9.17, 15) is 9.59 Å². The van der Waals surface area contributed by atoms with Crippen LogP contribution in [0.25, 0.3) is 10.9 Å². The molecule has 0 aliphatic rings. The van der Waals surface area contributed by atoms with Crippen molar-refractivity contribution in [1.82, 2.24) is 14.9 Å². The van der Waals surface area contributed by atoms with E-state index >= 15 is 0 Å². The molecule has 136 valence electrons. The molecule has 7 nitrogen and oxygen atoms in total. The van der Waals surface area contributed by atoms with Crippen molar-refractivity contribution in [3.63, 3.8) is 0 Å². The van der Waals surface area contributed by atoms with E-state index in [-0.39, 0.29) is 22.8 Å². The molecule has 0 aliphatic carbocycles. The summed E-state index contributed by atoms with van der Waals surface area (Å²) in [5, 5.41) is 3.34. The lowest BCUT2D eigenvalue weighted by Gasteiger charge is -2.10. The number of aromatic amines is 1. The van der Waals surface area contributed by atoms with E-state index < -0.39 is 0 Å². The number of likely N-dealkylation sites (N-methyl/N-ethyl adjacent to an activating group) is 1. The standard InChI is InChI=1S/C18H20N4O3S/c1-21(2)8-7-19-16(23)12-5-6-14-15(10-12)20-18(26)22(17(14)24)11-13-4-3-9-25-13/h3-6,9-10H,7-8,11H2,1-2H3,(H,19,23)(H,20,26)/p+1. The summed E-state index contributed by atoms with van der Waals surface area (Å²) in [5.41, 5.74) is 0.810. The Balaban J connectivity index is 1.90. The van der Waals surface area contributed by atoms with E-state index in [0.29, 0.717) is 28.8 Å². The Kier molecular flexibility index (Phi) is 5.34. The third-order valence-electron chi connectivity index (χ3n) is 4.05. The summed E-state index contributed by atoms with van der Waals surface area (Å²) in [7, 11) is 4.05. The van der Waals surface area contributed by atoms with Crippen molar-refractivity contribution in [2.75, 3.05) is 27.2 Å². The molecule has 8 heteroatoms. The maximum Gasteiger partial charge on any atom is 0.262 e. The number of carbonyl (C=O) groups excluding carboxylic acids is 1. The third kappa shape index (κ3) is 3.92. The first kappa shape index (κ1) is 18.1. The van der Waals surface area contributed by atoms with Crippen molar-refractivity contribution in [3.05, 3.63) is 63.0 Å². The number of fused-ring (bicyclic) bond motifs is 1. The van der Waals surface area contributed by atoms with Gasteiger partial charge in [0.25, 0.3) is 11.5 Å². The van der Waals surface area contributed by atoms with E-state index in [1.807, 2.05) is 14.1 Å². The molecule has 2 heterocycles. The summed E-state index contributed by atoms with van der Waals surface area (Å²) >= 11 is 5.31. The number of nitrogens with zero attached hydrogens (tertiary/aromatic N) is 1. The van der Waals surface area contributed by atoms with Crippen LogP contribution in [0.2, 0.25) is 0 Å². The summed E-state index contributed by atoms with van der Waals surface area (Å²) in [5.74, 6) is 0.470. The average Bonchev–Trinajstić information content (AvgIpc) is 3.11. The number of carbonyl (C=O) groups is 1. The molecule has 2 aromatic heterocycles. The van der Waals surface area contributed by atoms with Crippen molar-refractivity contribution < 1.29 is 14.1 Å². The van der Waals surface area contributed by atoms with Crippen LogP contribution in [-0.2, 0) is 6.54 Å². The van der Waals surface area contributed by atoms with Gasteiger partial charge in [-0.1, -0.05) is 0 Å². The molecule has 0 aliphatic heterocycles. The Hall–Kier alpha value is -2.71. The second kappa shape index (κ2) is 7.67. The monoisotopic (exact) mass is 373 g/mol. The molecule has 3 N–H and O–H groups in total. The van der Waals surface area contributed by atoms with Gasteiger partial charge in [0.2, 0.25) is 0 Å².